The van der Waals surface area contributed by atoms with Crippen molar-refractivity contribution in [1.82, 2.24) is 15.3 Å². The zero-order valence-electron chi connectivity index (χ0n) is 15.2. The van der Waals surface area contributed by atoms with Crippen molar-refractivity contribution in [2.45, 2.75) is 50.1 Å². The molecule has 1 amide bonds. The van der Waals surface area contributed by atoms with Crippen molar-refractivity contribution in [2.24, 2.45) is 17.5 Å². The first kappa shape index (κ1) is 18.6. The number of nitrogens with one attached hydrogen (secondary N) is 2. The van der Waals surface area contributed by atoms with Crippen LogP contribution in [-0.4, -0.2) is 34.0 Å². The van der Waals surface area contributed by atoms with Crippen molar-refractivity contribution >= 4 is 18.0 Å². The lowest BCUT2D eigenvalue weighted by molar-refractivity contribution is -0.137. The van der Waals surface area contributed by atoms with Crippen molar-refractivity contribution in [3.63, 3.8) is 0 Å². The molecule has 10 heteroatoms. The van der Waals surface area contributed by atoms with E-state index in [0.717, 1.165) is 12.6 Å². The number of rotatable bonds is 6. The summed E-state index contributed by atoms with van der Waals surface area (Å²) in [5.41, 5.74) is 8.03. The minimum absolute atomic E-state index is 0.0873. The van der Waals surface area contributed by atoms with Crippen LogP contribution in [0.15, 0.2) is 11.9 Å². The molecule has 2 fully saturated rings. The zero-order chi connectivity index (χ0) is 20.4. The lowest BCUT2D eigenvalue weighted by Gasteiger charge is -2.47. The van der Waals surface area contributed by atoms with Crippen molar-refractivity contribution < 1.29 is 23.2 Å². The monoisotopic (exact) mass is 393 g/mol. The van der Waals surface area contributed by atoms with Crippen LogP contribution in [0.3, 0.4) is 0 Å². The van der Waals surface area contributed by atoms with Gasteiger partial charge in [-0.1, -0.05) is 0 Å². The highest BCUT2D eigenvalue weighted by Crippen LogP contribution is 2.54. The number of hydrazine groups is 1. The zero-order valence-corrected chi connectivity index (χ0v) is 15.2. The third-order valence-electron chi connectivity index (χ3n) is 6.08. The summed E-state index contributed by atoms with van der Waals surface area (Å²) in [5.74, 6) is 0.670. The Labute approximate surface area is 159 Å². The molecule has 0 saturated heterocycles. The molecule has 2 atom stereocenters. The fourth-order valence-electron chi connectivity index (χ4n) is 4.64. The molecule has 8 nitrogen and oxygen atoms in total. The number of halogens is 2. The number of fused-ring (bicyclic) bond motifs is 3. The lowest BCUT2D eigenvalue weighted by Crippen LogP contribution is -2.65. The van der Waals surface area contributed by atoms with E-state index in [1.165, 1.54) is 0 Å². The molecule has 0 aromatic carbocycles. The van der Waals surface area contributed by atoms with Gasteiger partial charge in [-0.05, 0) is 31.2 Å². The first-order valence-electron chi connectivity index (χ1n) is 9.00. The van der Waals surface area contributed by atoms with Crippen molar-refractivity contribution in [1.29, 1.82) is 0 Å². The van der Waals surface area contributed by atoms with Gasteiger partial charge in [0.15, 0.2) is 6.29 Å². The first-order chi connectivity index (χ1) is 13.1. The van der Waals surface area contributed by atoms with Crippen molar-refractivity contribution in [3.05, 3.63) is 34.4 Å². The molecule has 2 aliphatic carbocycles. The molecule has 1 aliphatic heterocycles. The number of nitrogens with two attached hydrogens (primary N) is 2. The Balaban J connectivity index is 1.63. The van der Waals surface area contributed by atoms with Crippen LogP contribution in [0.1, 0.15) is 57.4 Å². The molecule has 4 rings (SSSR count). The predicted octanol–water partition coefficient (Wildman–Crippen LogP) is 0.456. The summed E-state index contributed by atoms with van der Waals surface area (Å²) < 4.78 is 28.9. The second kappa shape index (κ2) is 5.87. The summed E-state index contributed by atoms with van der Waals surface area (Å²) in [6.45, 7) is 1.62. The van der Waals surface area contributed by atoms with E-state index >= 15 is 0 Å². The van der Waals surface area contributed by atoms with Crippen molar-refractivity contribution in [3.8, 4) is 0 Å². The first-order valence-corrected chi connectivity index (χ1v) is 9.00. The minimum Gasteiger partial charge on any atom is -0.399 e. The van der Waals surface area contributed by atoms with Crippen LogP contribution in [0.2, 0.25) is 0 Å². The molecular formula is C18H21F2N5O3. The quantitative estimate of drug-likeness (QED) is 0.182. The normalized spacial score (nSPS) is 25.9. The molecule has 150 valence electrons. The molecule has 1 aromatic heterocycles. The highest BCUT2D eigenvalue weighted by molar-refractivity contribution is 6.43. The fraction of sp³-hybridized carbons (Fsp3) is 0.500. The predicted molar refractivity (Wildman–Crippen MR) is 94.4 cm³/mol. The Morgan fingerprint density at radius 2 is 2.00 bits per heavy atom. The van der Waals surface area contributed by atoms with E-state index in [1.807, 2.05) is 4.57 Å². The lowest BCUT2D eigenvalue weighted by atomic mass is 9.71. The van der Waals surface area contributed by atoms with E-state index in [2.05, 4.69) is 10.7 Å². The molecule has 2 saturated carbocycles. The van der Waals surface area contributed by atoms with Gasteiger partial charge < -0.3 is 21.0 Å². The third kappa shape index (κ3) is 2.55. The molecule has 0 spiro atoms. The standard InChI is InChI=1S/C18H21F2N5O3/c1-8-12(5-26)25-10-2-9(10)3-11(25)14(8)15(27)16(28)24-17(13(21)4-23-22)6-18(19,20)7-17/h4-5,9-10,23H,2-3,6-7,21-22H2,1H3,(H,24,28)/b13-4-. The number of hydrogen-bond donors (Lipinski definition) is 4. The van der Waals surface area contributed by atoms with E-state index < -0.39 is 36.0 Å². The average Bonchev–Trinajstić information content (AvgIpc) is 3.17. The number of carbonyl (C=O) groups is 3. The molecular weight excluding hydrogens is 372 g/mol. The van der Waals surface area contributed by atoms with Gasteiger partial charge in [0, 0.05) is 30.8 Å². The summed E-state index contributed by atoms with van der Waals surface area (Å²) in [5, 5.41) is 2.38. The van der Waals surface area contributed by atoms with Gasteiger partial charge in [0.25, 0.3) is 17.6 Å². The number of aldehydes is 1. The minimum atomic E-state index is -3.00. The summed E-state index contributed by atoms with van der Waals surface area (Å²) in [4.78, 5) is 37.1. The number of aromatic nitrogens is 1. The largest absolute Gasteiger partial charge is 0.399 e. The van der Waals surface area contributed by atoms with Gasteiger partial charge in [0.2, 0.25) is 0 Å². The Kier molecular flexibility index (Phi) is 3.90. The van der Waals surface area contributed by atoms with Gasteiger partial charge >= 0.3 is 0 Å². The average molecular weight is 393 g/mol. The fourth-order valence-corrected chi connectivity index (χ4v) is 4.64. The van der Waals surface area contributed by atoms with Gasteiger partial charge in [-0.25, -0.2) is 8.78 Å². The van der Waals surface area contributed by atoms with E-state index in [9.17, 15) is 23.2 Å². The topological polar surface area (TPSA) is 132 Å². The molecule has 1 aromatic rings. The van der Waals surface area contributed by atoms with Gasteiger partial charge in [-0.2, -0.15) is 0 Å². The summed E-state index contributed by atoms with van der Waals surface area (Å²) in [6.07, 6.45) is 1.93. The van der Waals surface area contributed by atoms with E-state index in [-0.39, 0.29) is 17.3 Å². The SMILES string of the molecule is Cc1c(C(=O)C(=O)NC2(/C(N)=C/NN)CC(F)(F)C2)c2n(c1C=O)C1CC1C2. The third-order valence-corrected chi connectivity index (χ3v) is 6.08. The van der Waals surface area contributed by atoms with Crippen molar-refractivity contribution in [2.75, 3.05) is 0 Å². The Bertz CT molecular complexity index is 928. The molecule has 3 aliphatic rings. The van der Waals surface area contributed by atoms with Crippen LogP contribution in [0.25, 0.3) is 0 Å². The van der Waals surface area contributed by atoms with Crippen LogP contribution < -0.4 is 22.3 Å². The van der Waals surface area contributed by atoms with E-state index in [4.69, 9.17) is 11.6 Å². The highest BCUT2D eigenvalue weighted by atomic mass is 19.3. The van der Waals surface area contributed by atoms with Gasteiger partial charge in [0.05, 0.1) is 22.5 Å². The second-order valence-electron chi connectivity index (χ2n) is 7.93. The van der Waals surface area contributed by atoms with Crippen LogP contribution in [0, 0.1) is 12.8 Å². The molecule has 0 bridgehead atoms. The van der Waals surface area contributed by atoms with E-state index in [0.29, 0.717) is 35.6 Å². The second-order valence-corrected chi connectivity index (χ2v) is 7.93. The number of carbonyl (C=O) groups excluding carboxylic acids is 3. The molecule has 2 unspecified atom stereocenters. The maximum Gasteiger partial charge on any atom is 0.293 e. The Morgan fingerprint density at radius 1 is 1.32 bits per heavy atom. The van der Waals surface area contributed by atoms with Crippen LogP contribution in [0.5, 0.6) is 0 Å². The number of ketones is 1. The molecule has 6 N–H and O–H groups in total. The number of amides is 1. The Hall–Kier alpha value is -2.75. The maximum atomic E-state index is 13.5. The summed E-state index contributed by atoms with van der Waals surface area (Å²) in [6, 6.07) is 0.199. The number of Topliss-reactive ketones (excluding diaryl/α,β-unsaturated/α-hetero) is 1. The number of alkyl halides is 2. The molecule has 0 radical (unpaired) electrons. The van der Waals surface area contributed by atoms with Gasteiger partial charge in [0.1, 0.15) is 0 Å². The van der Waals surface area contributed by atoms with Crippen LogP contribution in [0.4, 0.5) is 8.78 Å². The van der Waals surface area contributed by atoms with E-state index in [1.54, 1.807) is 6.92 Å². The van der Waals surface area contributed by atoms with Gasteiger partial charge in [-0.3, -0.25) is 20.2 Å². The smallest absolute Gasteiger partial charge is 0.293 e. The van der Waals surface area contributed by atoms with Crippen LogP contribution in [-0.2, 0) is 11.2 Å². The van der Waals surface area contributed by atoms with Gasteiger partial charge in [-0.15, -0.1) is 0 Å². The highest BCUT2D eigenvalue weighted by Gasteiger charge is 2.59. The summed E-state index contributed by atoms with van der Waals surface area (Å²) in [7, 11) is 0. The number of nitrogens with zero attached hydrogens (tertiary/aromatic N) is 1. The molecule has 28 heavy (non-hydrogen) atoms. The maximum absolute atomic E-state index is 13.5. The summed E-state index contributed by atoms with van der Waals surface area (Å²) >= 11 is 0. The van der Waals surface area contributed by atoms with Crippen LogP contribution >= 0.6 is 0 Å². The number of hydrogen-bond acceptors (Lipinski definition) is 6. The molecule has 2 heterocycles. The Morgan fingerprint density at radius 3 is 2.57 bits per heavy atom.